The van der Waals surface area contributed by atoms with Gasteiger partial charge in [-0.1, -0.05) is 79.9 Å². The Morgan fingerprint density at radius 1 is 1.07 bits per heavy atom. The summed E-state index contributed by atoms with van der Waals surface area (Å²) in [5.41, 5.74) is -1.08. The molecular weight excluding hydrogens is 372 g/mol. The standard InChI is InChI=1S/C21H42O4Si2/c1-14-15(26(9,10)19(2,3)4)13-21(24,18(23)25-8)17(22)16(14)27(11,12)20(5,6)7/h15-17,22,24H,1,13H2,2-12H3/t15-,16-,17?,21?/m1/s1. The van der Waals surface area contributed by atoms with Crippen molar-refractivity contribution in [2.24, 2.45) is 0 Å². The highest BCUT2D eigenvalue weighted by Crippen LogP contribution is 2.61. The van der Waals surface area contributed by atoms with Crippen LogP contribution in [0.3, 0.4) is 0 Å². The van der Waals surface area contributed by atoms with E-state index in [0.717, 1.165) is 5.57 Å². The van der Waals surface area contributed by atoms with E-state index in [2.05, 4.69) is 74.3 Å². The molecule has 27 heavy (non-hydrogen) atoms. The molecule has 0 heterocycles. The molecule has 0 aromatic heterocycles. The van der Waals surface area contributed by atoms with Crippen LogP contribution in [0.5, 0.6) is 0 Å². The molecule has 6 heteroatoms. The lowest BCUT2D eigenvalue weighted by Crippen LogP contribution is -2.64. The molecule has 0 aromatic rings. The highest BCUT2D eigenvalue weighted by molar-refractivity contribution is 6.84. The predicted molar refractivity (Wildman–Crippen MR) is 119 cm³/mol. The molecule has 158 valence electrons. The Morgan fingerprint density at radius 3 is 1.81 bits per heavy atom. The maximum atomic E-state index is 12.6. The normalized spacial score (nSPS) is 31.0. The molecule has 1 aliphatic carbocycles. The van der Waals surface area contributed by atoms with Crippen molar-refractivity contribution in [3.05, 3.63) is 12.2 Å². The van der Waals surface area contributed by atoms with Crippen LogP contribution in [-0.4, -0.2) is 51.1 Å². The molecule has 0 aromatic carbocycles. The average molecular weight is 415 g/mol. The SMILES string of the molecule is C=C1[C@H]([Si](C)(C)C(C)(C)C)CC(O)(C(=O)OC)C(O)[C@@H]1[Si](C)(C)C(C)(C)C. The first-order chi connectivity index (χ1) is 11.8. The summed E-state index contributed by atoms with van der Waals surface area (Å²) in [6.45, 7) is 26.8. The number of hydrogen-bond donors (Lipinski definition) is 2. The smallest absolute Gasteiger partial charge is 0.340 e. The number of rotatable bonds is 3. The third kappa shape index (κ3) is 3.87. The third-order valence-corrected chi connectivity index (χ3v) is 20.5. The van der Waals surface area contributed by atoms with Gasteiger partial charge in [0.25, 0.3) is 0 Å². The molecule has 0 spiro atoms. The quantitative estimate of drug-likeness (QED) is 0.389. The number of hydrogen-bond acceptors (Lipinski definition) is 4. The first-order valence-corrected chi connectivity index (χ1v) is 16.1. The number of aliphatic hydroxyl groups is 2. The van der Waals surface area contributed by atoms with Gasteiger partial charge >= 0.3 is 5.97 Å². The summed E-state index contributed by atoms with van der Waals surface area (Å²) >= 11 is 0. The first-order valence-electron chi connectivity index (χ1n) is 9.94. The van der Waals surface area contributed by atoms with E-state index in [1.54, 1.807) is 0 Å². The van der Waals surface area contributed by atoms with Crippen molar-refractivity contribution < 1.29 is 19.7 Å². The Morgan fingerprint density at radius 2 is 1.48 bits per heavy atom. The highest BCUT2D eigenvalue weighted by Gasteiger charge is 2.63. The number of esters is 1. The second kappa shape index (κ2) is 7.11. The van der Waals surface area contributed by atoms with Gasteiger partial charge < -0.3 is 14.9 Å². The van der Waals surface area contributed by atoms with E-state index < -0.39 is 33.8 Å². The molecule has 4 nitrogen and oxygen atoms in total. The molecule has 1 saturated carbocycles. The molecule has 0 bridgehead atoms. The Balaban J connectivity index is 3.69. The number of carbonyl (C=O) groups excluding carboxylic acids is 1. The maximum Gasteiger partial charge on any atom is 0.340 e. The summed E-state index contributed by atoms with van der Waals surface area (Å²) < 4.78 is 4.94. The Hall–Kier alpha value is -0.436. The Bertz CT molecular complexity index is 598. The fraction of sp³-hybridized carbons (Fsp3) is 0.857. The molecule has 1 aliphatic rings. The van der Waals surface area contributed by atoms with Crippen LogP contribution in [0.2, 0.25) is 47.3 Å². The van der Waals surface area contributed by atoms with Crippen molar-refractivity contribution >= 4 is 22.1 Å². The topological polar surface area (TPSA) is 66.8 Å². The van der Waals surface area contributed by atoms with Crippen LogP contribution in [0.25, 0.3) is 0 Å². The number of aliphatic hydroxyl groups excluding tert-OH is 1. The zero-order valence-corrected chi connectivity index (χ0v) is 21.4. The van der Waals surface area contributed by atoms with Gasteiger partial charge in [0.15, 0.2) is 5.60 Å². The van der Waals surface area contributed by atoms with Crippen molar-refractivity contribution in [2.75, 3.05) is 7.11 Å². The van der Waals surface area contributed by atoms with Crippen molar-refractivity contribution in [3.8, 4) is 0 Å². The fourth-order valence-electron chi connectivity index (χ4n) is 4.21. The van der Waals surface area contributed by atoms with Gasteiger partial charge in [0.05, 0.1) is 29.4 Å². The lowest BCUT2D eigenvalue weighted by atomic mass is 9.79. The van der Waals surface area contributed by atoms with Gasteiger partial charge in [-0.2, -0.15) is 0 Å². The minimum atomic E-state index is -2.15. The summed E-state index contributed by atoms with van der Waals surface area (Å²) in [6, 6.07) is 0. The van der Waals surface area contributed by atoms with Crippen molar-refractivity contribution in [2.45, 2.75) is 107 Å². The number of methoxy groups -OCH3 is 1. The lowest BCUT2D eigenvalue weighted by molar-refractivity contribution is -0.178. The maximum absolute atomic E-state index is 12.6. The van der Waals surface area contributed by atoms with Crippen LogP contribution < -0.4 is 0 Å². The van der Waals surface area contributed by atoms with Gasteiger partial charge in [-0.05, 0) is 22.0 Å². The highest BCUT2D eigenvalue weighted by atomic mass is 28.3. The average Bonchev–Trinajstić information content (AvgIpc) is 2.47. The first kappa shape index (κ1) is 24.6. The van der Waals surface area contributed by atoms with Gasteiger partial charge in [0.1, 0.15) is 0 Å². The summed E-state index contributed by atoms with van der Waals surface area (Å²) in [4.78, 5) is 12.6. The van der Waals surface area contributed by atoms with E-state index in [1.807, 2.05) is 0 Å². The van der Waals surface area contributed by atoms with Crippen LogP contribution in [0.15, 0.2) is 12.2 Å². The zero-order valence-electron chi connectivity index (χ0n) is 19.4. The summed E-state index contributed by atoms with van der Waals surface area (Å²) in [7, 11) is -2.86. The second-order valence-electron chi connectivity index (χ2n) is 11.6. The minimum absolute atomic E-state index is 0.0199. The van der Waals surface area contributed by atoms with E-state index in [-0.39, 0.29) is 27.6 Å². The fourth-order valence-corrected chi connectivity index (χ4v) is 10.5. The van der Waals surface area contributed by atoms with E-state index in [4.69, 9.17) is 4.74 Å². The van der Waals surface area contributed by atoms with Crippen LogP contribution in [0.1, 0.15) is 48.0 Å². The molecule has 0 amide bonds. The van der Waals surface area contributed by atoms with E-state index in [0.29, 0.717) is 0 Å². The van der Waals surface area contributed by atoms with Crippen molar-refractivity contribution in [3.63, 3.8) is 0 Å². The molecule has 2 unspecified atom stereocenters. The van der Waals surface area contributed by atoms with Gasteiger partial charge in [-0.15, -0.1) is 0 Å². The monoisotopic (exact) mass is 414 g/mol. The number of ether oxygens (including phenoxy) is 1. The van der Waals surface area contributed by atoms with Gasteiger partial charge in [-0.25, -0.2) is 4.79 Å². The summed E-state index contributed by atoms with van der Waals surface area (Å²) in [5, 5.41) is 22.7. The van der Waals surface area contributed by atoms with Gasteiger partial charge in [0.2, 0.25) is 0 Å². The van der Waals surface area contributed by atoms with Crippen molar-refractivity contribution in [1.29, 1.82) is 0 Å². The van der Waals surface area contributed by atoms with Crippen LogP contribution in [0.4, 0.5) is 0 Å². The van der Waals surface area contributed by atoms with Crippen LogP contribution in [-0.2, 0) is 9.53 Å². The second-order valence-corrected chi connectivity index (χ2v) is 22.8. The largest absolute Gasteiger partial charge is 0.467 e. The Labute approximate surface area is 168 Å². The third-order valence-electron chi connectivity index (χ3n) is 8.22. The van der Waals surface area contributed by atoms with Gasteiger partial charge in [-0.3, -0.25) is 0 Å². The molecule has 0 saturated heterocycles. The molecule has 4 atom stereocenters. The van der Waals surface area contributed by atoms with E-state index in [1.165, 1.54) is 7.11 Å². The van der Waals surface area contributed by atoms with Crippen molar-refractivity contribution in [1.82, 2.24) is 0 Å². The van der Waals surface area contributed by atoms with Crippen LogP contribution >= 0.6 is 0 Å². The Kier molecular flexibility index (Phi) is 6.48. The zero-order chi connectivity index (χ0) is 21.8. The van der Waals surface area contributed by atoms with E-state index in [9.17, 15) is 15.0 Å². The van der Waals surface area contributed by atoms with E-state index >= 15 is 0 Å². The number of carbonyl (C=O) groups is 1. The molecule has 0 radical (unpaired) electrons. The minimum Gasteiger partial charge on any atom is -0.467 e. The molecule has 0 aliphatic heterocycles. The summed E-state index contributed by atoms with van der Waals surface area (Å²) in [6.07, 6.45) is -0.985. The molecule has 1 fully saturated rings. The molecular formula is C21H42O4Si2. The van der Waals surface area contributed by atoms with Crippen LogP contribution in [0, 0.1) is 0 Å². The molecule has 1 rings (SSSR count). The lowest BCUT2D eigenvalue weighted by Gasteiger charge is -2.57. The predicted octanol–water partition coefficient (Wildman–Crippen LogP) is 4.97. The van der Waals surface area contributed by atoms with Gasteiger partial charge in [0, 0.05) is 5.54 Å². The molecule has 2 N–H and O–H groups in total. The summed E-state index contributed by atoms with van der Waals surface area (Å²) in [5.74, 6) is -0.727.